The molecule has 0 spiro atoms. The minimum atomic E-state index is -1.17. The Morgan fingerprint density at radius 3 is 2.38 bits per heavy atom. The van der Waals surface area contributed by atoms with E-state index in [0.717, 1.165) is 11.1 Å². The topological polar surface area (TPSA) is 184 Å². The van der Waals surface area contributed by atoms with Gasteiger partial charge in [0.2, 0.25) is 5.95 Å². The number of aromatic nitrogens is 4. The van der Waals surface area contributed by atoms with E-state index in [9.17, 15) is 19.5 Å². The van der Waals surface area contributed by atoms with E-state index in [1.807, 2.05) is 48.5 Å². The lowest BCUT2D eigenvalue weighted by molar-refractivity contribution is -0.140. The van der Waals surface area contributed by atoms with Crippen molar-refractivity contribution in [2.75, 3.05) is 12.3 Å². The predicted molar refractivity (Wildman–Crippen MR) is 153 cm³/mol. The number of nitrogens with two attached hydrogens (primary N) is 1. The zero-order valence-electron chi connectivity index (χ0n) is 23.1. The van der Waals surface area contributed by atoms with Gasteiger partial charge in [-0.1, -0.05) is 67.6 Å². The molecule has 4 aromatic rings. The van der Waals surface area contributed by atoms with E-state index in [4.69, 9.17) is 19.9 Å². The van der Waals surface area contributed by atoms with Crippen molar-refractivity contribution in [3.63, 3.8) is 0 Å². The first kappa shape index (κ1) is 30.2. The van der Waals surface area contributed by atoms with Crippen LogP contribution in [0, 0.1) is 5.92 Å². The van der Waals surface area contributed by atoms with E-state index >= 15 is 0 Å². The third-order valence-electron chi connectivity index (χ3n) is 6.62. The first-order chi connectivity index (χ1) is 20.3. The number of carbonyl (C=O) groups excluding carboxylic acids is 1. The number of ether oxygens (including phenoxy) is 3. The molecule has 222 valence electrons. The molecule has 2 aromatic carbocycles. The number of carboxylic acid groups (broad SMARTS) is 1. The normalized spacial score (nSPS) is 13.4. The quantitative estimate of drug-likeness (QED) is 0.163. The predicted octanol–water partition coefficient (Wildman–Crippen LogP) is 3.06. The fraction of sp³-hybridized carbons (Fsp3) is 0.345. The lowest BCUT2D eigenvalue weighted by atomic mass is 9.95. The van der Waals surface area contributed by atoms with Crippen LogP contribution in [0.15, 0.2) is 71.8 Å². The van der Waals surface area contributed by atoms with Crippen LogP contribution >= 0.6 is 0 Å². The van der Waals surface area contributed by atoms with Gasteiger partial charge >= 0.3 is 12.1 Å². The number of benzene rings is 2. The molecule has 0 saturated carbocycles. The van der Waals surface area contributed by atoms with E-state index in [-0.39, 0.29) is 37.1 Å². The number of rotatable bonds is 15. The number of nitrogen functional groups attached to an aromatic ring is 1. The average Bonchev–Trinajstić information content (AvgIpc) is 3.39. The fourth-order valence-corrected chi connectivity index (χ4v) is 4.30. The van der Waals surface area contributed by atoms with Gasteiger partial charge in [-0.2, -0.15) is 4.98 Å². The summed E-state index contributed by atoms with van der Waals surface area (Å²) in [5.74, 6) is -1.67. The van der Waals surface area contributed by atoms with Gasteiger partial charge in [0.05, 0.1) is 25.6 Å². The van der Waals surface area contributed by atoms with Crippen molar-refractivity contribution in [2.45, 2.75) is 51.9 Å². The maximum atomic E-state index is 12.3. The van der Waals surface area contributed by atoms with Gasteiger partial charge in [0, 0.05) is 0 Å². The molecule has 42 heavy (non-hydrogen) atoms. The SMILES string of the molecule is CC(CCC(COCc1ccccc1)OCn1cnc2c(=O)[nH]c(N)nc21)[C@H](NC(=O)OCc1ccccc1)C(=O)O. The van der Waals surface area contributed by atoms with E-state index < -0.39 is 35.7 Å². The minimum absolute atomic E-state index is 0.00651. The molecule has 0 aliphatic rings. The monoisotopic (exact) mass is 578 g/mol. The number of anilines is 1. The molecule has 0 bridgehead atoms. The summed E-state index contributed by atoms with van der Waals surface area (Å²) in [6.45, 7) is 2.35. The molecular weight excluding hydrogens is 544 g/mol. The number of hydrogen-bond donors (Lipinski definition) is 4. The van der Waals surface area contributed by atoms with Crippen molar-refractivity contribution in [3.05, 3.63) is 88.5 Å². The number of amides is 1. The Morgan fingerprint density at radius 1 is 1.05 bits per heavy atom. The highest BCUT2D eigenvalue weighted by molar-refractivity contribution is 5.80. The highest BCUT2D eigenvalue weighted by atomic mass is 16.5. The Labute approximate surface area is 241 Å². The molecule has 2 unspecified atom stereocenters. The van der Waals surface area contributed by atoms with Crippen molar-refractivity contribution in [2.24, 2.45) is 5.92 Å². The third kappa shape index (κ3) is 8.62. The number of nitrogens with one attached hydrogen (secondary N) is 2. The van der Waals surface area contributed by atoms with Crippen LogP contribution in [0.3, 0.4) is 0 Å². The number of aromatic amines is 1. The summed E-state index contributed by atoms with van der Waals surface area (Å²) in [6.07, 6.45) is 0.981. The summed E-state index contributed by atoms with van der Waals surface area (Å²) in [5.41, 5.74) is 7.42. The van der Waals surface area contributed by atoms with Gasteiger partial charge in [-0.25, -0.2) is 14.6 Å². The van der Waals surface area contributed by atoms with Crippen molar-refractivity contribution in [1.82, 2.24) is 24.8 Å². The second kappa shape index (κ2) is 14.8. The second-order valence-electron chi connectivity index (χ2n) is 9.83. The zero-order valence-corrected chi connectivity index (χ0v) is 23.1. The molecule has 0 fully saturated rings. The summed E-state index contributed by atoms with van der Waals surface area (Å²) >= 11 is 0. The lowest BCUT2D eigenvalue weighted by Crippen LogP contribution is -2.45. The number of aliphatic carboxylic acids is 1. The molecule has 3 atom stereocenters. The van der Waals surface area contributed by atoms with Crippen LogP contribution in [0.2, 0.25) is 0 Å². The van der Waals surface area contributed by atoms with Crippen LogP contribution in [0.25, 0.3) is 11.2 Å². The number of hydrogen-bond acceptors (Lipinski definition) is 9. The van der Waals surface area contributed by atoms with Gasteiger partial charge in [-0.05, 0) is 29.9 Å². The first-order valence-corrected chi connectivity index (χ1v) is 13.4. The molecule has 13 heteroatoms. The molecule has 2 aromatic heterocycles. The summed E-state index contributed by atoms with van der Waals surface area (Å²) in [6, 6.07) is 17.6. The maximum absolute atomic E-state index is 12.3. The largest absolute Gasteiger partial charge is 0.480 e. The van der Waals surface area contributed by atoms with Gasteiger partial charge < -0.3 is 30.4 Å². The molecule has 0 radical (unpaired) electrons. The number of fused-ring (bicyclic) bond motifs is 1. The molecule has 13 nitrogen and oxygen atoms in total. The number of nitrogens with zero attached hydrogens (tertiary/aromatic N) is 3. The van der Waals surface area contributed by atoms with Crippen LogP contribution in [0.4, 0.5) is 10.7 Å². The Balaban J connectivity index is 1.36. The van der Waals surface area contributed by atoms with Crippen molar-refractivity contribution < 1.29 is 28.9 Å². The summed E-state index contributed by atoms with van der Waals surface area (Å²) in [7, 11) is 0. The van der Waals surface area contributed by atoms with Crippen LogP contribution < -0.4 is 16.6 Å². The molecule has 1 amide bonds. The highest BCUT2D eigenvalue weighted by Gasteiger charge is 2.28. The Morgan fingerprint density at radius 2 is 1.71 bits per heavy atom. The molecule has 0 aliphatic carbocycles. The van der Waals surface area contributed by atoms with Gasteiger partial charge in [-0.3, -0.25) is 14.3 Å². The van der Waals surface area contributed by atoms with Crippen LogP contribution in [0.1, 0.15) is 30.9 Å². The number of carboxylic acids is 1. The van der Waals surface area contributed by atoms with Crippen LogP contribution in [-0.4, -0.2) is 55.4 Å². The van der Waals surface area contributed by atoms with E-state index in [2.05, 4.69) is 20.3 Å². The Hall–Kier alpha value is -4.75. The van der Waals surface area contributed by atoms with Crippen molar-refractivity contribution >= 4 is 29.2 Å². The maximum Gasteiger partial charge on any atom is 0.408 e. The standard InChI is InChI=1S/C29H34N6O7/c1-19(23(27(37)38)32-29(39)41-15-21-10-6-3-7-11-21)12-13-22(16-40-14-20-8-4-2-5-9-20)42-18-35-17-31-24-25(35)33-28(30)34-26(24)36/h2-11,17,19,22-23H,12-16,18H2,1H3,(H,32,39)(H,37,38)(H3,30,33,34,36)/t19?,22?,23-/m0/s1. The van der Waals surface area contributed by atoms with Crippen LogP contribution in [-0.2, 0) is 38.9 Å². The Bertz CT molecular complexity index is 1510. The van der Waals surface area contributed by atoms with Gasteiger partial charge in [0.15, 0.2) is 11.2 Å². The smallest absolute Gasteiger partial charge is 0.408 e. The molecule has 2 heterocycles. The van der Waals surface area contributed by atoms with E-state index in [1.54, 1.807) is 23.6 Å². The van der Waals surface area contributed by atoms with E-state index in [0.29, 0.717) is 19.4 Å². The van der Waals surface area contributed by atoms with Gasteiger partial charge in [0.1, 0.15) is 19.4 Å². The number of imidazole rings is 1. The van der Waals surface area contributed by atoms with Crippen molar-refractivity contribution in [3.8, 4) is 0 Å². The fourth-order valence-electron chi connectivity index (χ4n) is 4.30. The Kier molecular flexibility index (Phi) is 10.6. The molecular formula is C29H34N6O7. The van der Waals surface area contributed by atoms with Crippen LogP contribution in [0.5, 0.6) is 0 Å². The number of H-pyrrole nitrogens is 1. The average molecular weight is 579 g/mol. The summed E-state index contributed by atoms with van der Waals surface area (Å²) in [5, 5.41) is 12.3. The first-order valence-electron chi connectivity index (χ1n) is 13.4. The molecule has 5 N–H and O–H groups in total. The molecule has 0 aliphatic heterocycles. The lowest BCUT2D eigenvalue weighted by Gasteiger charge is -2.24. The number of alkyl carbamates (subject to hydrolysis) is 1. The zero-order chi connectivity index (χ0) is 29.9. The summed E-state index contributed by atoms with van der Waals surface area (Å²) in [4.78, 5) is 47.1. The molecule has 4 rings (SSSR count). The third-order valence-corrected chi connectivity index (χ3v) is 6.62. The summed E-state index contributed by atoms with van der Waals surface area (Å²) < 4.78 is 18.8. The van der Waals surface area contributed by atoms with Gasteiger partial charge in [0.25, 0.3) is 5.56 Å². The number of carbonyl (C=O) groups is 2. The van der Waals surface area contributed by atoms with E-state index in [1.165, 1.54) is 6.33 Å². The second-order valence-corrected chi connectivity index (χ2v) is 9.83. The highest BCUT2D eigenvalue weighted by Crippen LogP contribution is 2.17. The van der Waals surface area contributed by atoms with Crippen molar-refractivity contribution in [1.29, 1.82) is 0 Å². The van der Waals surface area contributed by atoms with Gasteiger partial charge in [-0.15, -0.1) is 0 Å². The minimum Gasteiger partial charge on any atom is -0.480 e. The molecule has 0 saturated heterocycles.